The van der Waals surface area contributed by atoms with Crippen LogP contribution in [-0.4, -0.2) is 31.1 Å². The Morgan fingerprint density at radius 2 is 1.96 bits per heavy atom. The molecule has 4 rings (SSSR count). The highest BCUT2D eigenvalue weighted by Gasteiger charge is 2.51. The summed E-state index contributed by atoms with van der Waals surface area (Å²) >= 11 is 0. The second-order valence-electron chi connectivity index (χ2n) is 6.44. The monoisotopic (exact) mass is 354 g/mol. The van der Waals surface area contributed by atoms with E-state index in [9.17, 15) is 14.4 Å². The smallest absolute Gasteiger partial charge is 0.326 e. The Kier molecular flexibility index (Phi) is 4.11. The zero-order chi connectivity index (χ0) is 18.3. The van der Waals surface area contributed by atoms with Crippen molar-refractivity contribution in [3.63, 3.8) is 0 Å². The third-order valence-corrected chi connectivity index (χ3v) is 5.04. The summed E-state index contributed by atoms with van der Waals surface area (Å²) in [5.41, 5.74) is 0.699. The summed E-state index contributed by atoms with van der Waals surface area (Å²) in [5.74, 6) is -3.77. The number of esters is 3. The molecule has 26 heavy (non-hydrogen) atoms. The number of ether oxygens (including phenoxy) is 3. The fraction of sp³-hybridized carbons (Fsp3) is 0.350. The molecule has 0 radical (unpaired) electrons. The predicted molar refractivity (Wildman–Crippen MR) is 91.5 cm³/mol. The Labute approximate surface area is 150 Å². The van der Waals surface area contributed by atoms with Gasteiger partial charge >= 0.3 is 17.9 Å². The highest BCUT2D eigenvalue weighted by Crippen LogP contribution is 2.48. The molecule has 2 aliphatic heterocycles. The standard InChI is InChI=1S/C20H18O6/c1-2-24-19(22)17-16(13-9-10-25-18(13)21)15-12-6-4-3-5-11(12)7-8-14(15)26-20(17)23/h3-8,13,16-17H,2,9-10H2,1H3/t13-,16+,17-/m1/s1. The lowest BCUT2D eigenvalue weighted by atomic mass is 9.73. The Bertz CT molecular complexity index is 902. The minimum Gasteiger partial charge on any atom is -0.465 e. The maximum Gasteiger partial charge on any atom is 0.326 e. The van der Waals surface area contributed by atoms with Gasteiger partial charge in [-0.15, -0.1) is 0 Å². The van der Waals surface area contributed by atoms with Gasteiger partial charge in [0.15, 0.2) is 5.92 Å². The van der Waals surface area contributed by atoms with E-state index in [1.807, 2.05) is 30.3 Å². The van der Waals surface area contributed by atoms with E-state index in [0.29, 0.717) is 17.7 Å². The quantitative estimate of drug-likeness (QED) is 0.479. The summed E-state index contributed by atoms with van der Waals surface area (Å²) < 4.78 is 15.7. The van der Waals surface area contributed by atoms with Gasteiger partial charge in [-0.05, 0) is 30.2 Å². The van der Waals surface area contributed by atoms with Gasteiger partial charge in [0.2, 0.25) is 0 Å². The molecule has 3 atom stereocenters. The van der Waals surface area contributed by atoms with E-state index in [4.69, 9.17) is 14.2 Å². The first kappa shape index (κ1) is 16.6. The van der Waals surface area contributed by atoms with Crippen LogP contribution in [0.1, 0.15) is 24.8 Å². The van der Waals surface area contributed by atoms with Gasteiger partial charge < -0.3 is 14.2 Å². The highest BCUT2D eigenvalue weighted by atomic mass is 16.6. The largest absolute Gasteiger partial charge is 0.465 e. The number of fused-ring (bicyclic) bond motifs is 3. The van der Waals surface area contributed by atoms with Crippen molar-refractivity contribution >= 4 is 28.7 Å². The van der Waals surface area contributed by atoms with E-state index in [1.165, 1.54) is 0 Å². The maximum atomic E-state index is 12.6. The average Bonchev–Trinajstić information content (AvgIpc) is 3.06. The Balaban J connectivity index is 1.94. The van der Waals surface area contributed by atoms with Gasteiger partial charge in [0.1, 0.15) is 5.75 Å². The summed E-state index contributed by atoms with van der Waals surface area (Å²) in [6, 6.07) is 11.2. The molecule has 1 saturated heterocycles. The number of hydrogen-bond donors (Lipinski definition) is 0. The molecule has 6 heteroatoms. The molecule has 2 aliphatic rings. The van der Waals surface area contributed by atoms with Crippen molar-refractivity contribution in [1.82, 2.24) is 0 Å². The van der Waals surface area contributed by atoms with Crippen LogP contribution in [-0.2, 0) is 23.9 Å². The molecule has 2 heterocycles. The summed E-state index contributed by atoms with van der Waals surface area (Å²) in [6.07, 6.45) is 0.454. The van der Waals surface area contributed by atoms with E-state index in [1.54, 1.807) is 13.0 Å². The molecule has 0 spiro atoms. The molecular formula is C20H18O6. The fourth-order valence-corrected chi connectivity index (χ4v) is 3.94. The SMILES string of the molecule is CCOC(=O)[C@@H]1C(=O)Oc2ccc3ccccc3c2[C@@H]1[C@H]1CCOC1=O. The van der Waals surface area contributed by atoms with Crippen LogP contribution in [0.3, 0.4) is 0 Å². The first-order valence-corrected chi connectivity index (χ1v) is 8.68. The molecule has 6 nitrogen and oxygen atoms in total. The average molecular weight is 354 g/mol. The molecule has 0 saturated carbocycles. The van der Waals surface area contributed by atoms with Crippen LogP contribution in [0, 0.1) is 11.8 Å². The first-order chi connectivity index (χ1) is 12.6. The van der Waals surface area contributed by atoms with Crippen LogP contribution in [0.2, 0.25) is 0 Å². The van der Waals surface area contributed by atoms with Gasteiger partial charge in [-0.1, -0.05) is 30.3 Å². The number of carbonyl (C=O) groups is 3. The zero-order valence-electron chi connectivity index (χ0n) is 14.3. The van der Waals surface area contributed by atoms with Crippen molar-refractivity contribution < 1.29 is 28.6 Å². The minimum absolute atomic E-state index is 0.146. The number of cyclic esters (lactones) is 1. The maximum absolute atomic E-state index is 12.6. The Morgan fingerprint density at radius 1 is 1.15 bits per heavy atom. The lowest BCUT2D eigenvalue weighted by Crippen LogP contribution is -2.42. The molecule has 0 aliphatic carbocycles. The molecule has 0 unspecified atom stereocenters. The number of rotatable bonds is 3. The minimum atomic E-state index is -1.18. The molecule has 0 N–H and O–H groups in total. The molecule has 0 aromatic heterocycles. The Morgan fingerprint density at radius 3 is 2.69 bits per heavy atom. The fourth-order valence-electron chi connectivity index (χ4n) is 3.94. The van der Waals surface area contributed by atoms with E-state index in [2.05, 4.69) is 0 Å². The highest BCUT2D eigenvalue weighted by molar-refractivity contribution is 6.02. The molecular weight excluding hydrogens is 336 g/mol. The molecule has 2 aromatic carbocycles. The molecule has 1 fully saturated rings. The van der Waals surface area contributed by atoms with Crippen molar-refractivity contribution in [3.05, 3.63) is 42.0 Å². The van der Waals surface area contributed by atoms with Gasteiger partial charge in [-0.25, -0.2) is 0 Å². The Hall–Kier alpha value is -2.89. The second kappa shape index (κ2) is 6.44. The second-order valence-corrected chi connectivity index (χ2v) is 6.44. The molecule has 2 aromatic rings. The lowest BCUT2D eigenvalue weighted by molar-refractivity contribution is -0.160. The number of hydrogen-bond acceptors (Lipinski definition) is 6. The van der Waals surface area contributed by atoms with Crippen LogP contribution in [0.25, 0.3) is 10.8 Å². The van der Waals surface area contributed by atoms with Crippen molar-refractivity contribution in [2.75, 3.05) is 13.2 Å². The molecule has 0 amide bonds. The van der Waals surface area contributed by atoms with Crippen molar-refractivity contribution in [2.45, 2.75) is 19.3 Å². The van der Waals surface area contributed by atoms with Crippen LogP contribution in [0.15, 0.2) is 36.4 Å². The van der Waals surface area contributed by atoms with Crippen molar-refractivity contribution in [3.8, 4) is 5.75 Å². The topological polar surface area (TPSA) is 78.9 Å². The number of carbonyl (C=O) groups excluding carboxylic acids is 3. The summed E-state index contributed by atoms with van der Waals surface area (Å²) in [7, 11) is 0. The van der Waals surface area contributed by atoms with Gasteiger partial charge in [0.25, 0.3) is 0 Å². The van der Waals surface area contributed by atoms with E-state index < -0.39 is 35.7 Å². The van der Waals surface area contributed by atoms with Crippen LogP contribution in [0.5, 0.6) is 5.75 Å². The van der Waals surface area contributed by atoms with E-state index >= 15 is 0 Å². The van der Waals surface area contributed by atoms with Gasteiger partial charge in [-0.3, -0.25) is 14.4 Å². The van der Waals surface area contributed by atoms with Gasteiger partial charge in [-0.2, -0.15) is 0 Å². The van der Waals surface area contributed by atoms with Crippen LogP contribution < -0.4 is 4.74 Å². The molecule has 134 valence electrons. The van der Waals surface area contributed by atoms with Crippen LogP contribution in [0.4, 0.5) is 0 Å². The lowest BCUT2D eigenvalue weighted by Gasteiger charge is -2.33. The van der Waals surface area contributed by atoms with E-state index in [-0.39, 0.29) is 13.2 Å². The normalized spacial score (nSPS) is 24.7. The molecule has 0 bridgehead atoms. The summed E-state index contributed by atoms with van der Waals surface area (Å²) in [5, 5.41) is 1.81. The van der Waals surface area contributed by atoms with Crippen molar-refractivity contribution in [1.29, 1.82) is 0 Å². The summed E-state index contributed by atoms with van der Waals surface area (Å²) in [4.78, 5) is 37.5. The zero-order valence-corrected chi connectivity index (χ0v) is 14.3. The third-order valence-electron chi connectivity index (χ3n) is 5.04. The first-order valence-electron chi connectivity index (χ1n) is 8.68. The van der Waals surface area contributed by atoms with Crippen molar-refractivity contribution in [2.24, 2.45) is 11.8 Å². The van der Waals surface area contributed by atoms with Gasteiger partial charge in [0.05, 0.1) is 19.1 Å². The number of benzene rings is 2. The van der Waals surface area contributed by atoms with Gasteiger partial charge in [0, 0.05) is 11.5 Å². The summed E-state index contributed by atoms with van der Waals surface area (Å²) in [6.45, 7) is 2.10. The van der Waals surface area contributed by atoms with Crippen LogP contribution >= 0.6 is 0 Å². The van der Waals surface area contributed by atoms with E-state index in [0.717, 1.165) is 10.8 Å². The third kappa shape index (κ3) is 2.53. The predicted octanol–water partition coefficient (Wildman–Crippen LogP) is 2.58.